The van der Waals surface area contributed by atoms with Crippen LogP contribution in [0, 0.1) is 0 Å². The van der Waals surface area contributed by atoms with Crippen LogP contribution in [-0.2, 0) is 5.41 Å². The fourth-order valence-corrected chi connectivity index (χ4v) is 7.70. The Balaban J connectivity index is 1.27. The van der Waals surface area contributed by atoms with E-state index in [0.717, 1.165) is 50.6 Å². The highest BCUT2D eigenvalue weighted by Crippen LogP contribution is 2.51. The van der Waals surface area contributed by atoms with Gasteiger partial charge in [-0.2, -0.15) is 0 Å². The number of hydrogen-bond donors (Lipinski definition) is 0. The summed E-state index contributed by atoms with van der Waals surface area (Å²) in [7, 11) is 0. The monoisotopic (exact) mass is 614 g/mol. The van der Waals surface area contributed by atoms with Crippen LogP contribution >= 0.6 is 11.8 Å². The van der Waals surface area contributed by atoms with Crippen LogP contribution in [-0.4, -0.2) is 23.9 Å². The molecule has 0 bridgehead atoms. The molecular formula is C39H30N6S. The molecule has 1 aliphatic rings. The number of imidazole rings is 2. The summed E-state index contributed by atoms with van der Waals surface area (Å²) in [5, 5.41) is 0. The van der Waals surface area contributed by atoms with Crippen LogP contribution in [0.4, 0.5) is 17.1 Å². The molecule has 0 radical (unpaired) electrons. The number of pyridine rings is 2. The van der Waals surface area contributed by atoms with E-state index in [4.69, 9.17) is 15.0 Å². The zero-order chi connectivity index (χ0) is 31.0. The summed E-state index contributed by atoms with van der Waals surface area (Å²) in [5.74, 6) is 0.853. The third kappa shape index (κ3) is 4.08. The number of anilines is 3. The summed E-state index contributed by atoms with van der Waals surface area (Å²) < 4.78 is 4.49. The van der Waals surface area contributed by atoms with Gasteiger partial charge in [0.05, 0.1) is 56.7 Å². The maximum Gasteiger partial charge on any atom is 0.220 e. The molecule has 4 aromatic carbocycles. The Labute approximate surface area is 271 Å². The van der Waals surface area contributed by atoms with Crippen molar-refractivity contribution in [2.24, 2.45) is 0 Å². The zero-order valence-electron chi connectivity index (χ0n) is 25.7. The van der Waals surface area contributed by atoms with Crippen molar-refractivity contribution in [2.45, 2.75) is 36.0 Å². The second kappa shape index (κ2) is 10.1. The number of aromatic nitrogens is 5. The lowest BCUT2D eigenvalue weighted by molar-refractivity contribution is 0.589. The largest absolute Gasteiger partial charge is 0.308 e. The number of fused-ring (bicyclic) bond motifs is 7. The van der Waals surface area contributed by atoms with Gasteiger partial charge in [-0.25, -0.2) is 4.98 Å². The molecule has 4 aromatic heterocycles. The van der Waals surface area contributed by atoms with Gasteiger partial charge in [0.25, 0.3) is 0 Å². The summed E-state index contributed by atoms with van der Waals surface area (Å²) >= 11 is 1.82. The second-order valence-electron chi connectivity index (χ2n) is 12.7. The molecule has 1 aliphatic heterocycles. The standard InChI is InChI=1S/C39H30N6S/c1-39(2,3)27-11-10-22-40-37(27)29-20-18-26(24-41-29)44-34-23-25(19-21-31(34)45-30-13-5-4-12-28(30)42-38(44)45)43-32-14-6-8-16-35(32)46-36-17-9-7-15-33(36)43/h4-24H,1-3H3. The maximum atomic E-state index is 5.14. The average molecular weight is 615 g/mol. The van der Waals surface area contributed by atoms with Crippen LogP contribution in [0.2, 0.25) is 0 Å². The molecule has 7 heteroatoms. The van der Waals surface area contributed by atoms with E-state index in [1.54, 1.807) is 0 Å². The SMILES string of the molecule is CC(C)(C)c1cccnc1-c1ccc(-n2c3cc(N4c5ccccc5Sc5ccccc54)ccc3n3c4ccccc4nc23)cn1. The van der Waals surface area contributed by atoms with Crippen LogP contribution < -0.4 is 4.90 Å². The maximum absolute atomic E-state index is 5.14. The zero-order valence-corrected chi connectivity index (χ0v) is 26.5. The van der Waals surface area contributed by atoms with E-state index in [1.807, 2.05) is 36.3 Å². The Morgan fingerprint density at radius 3 is 2.09 bits per heavy atom. The number of benzene rings is 4. The first-order valence-corrected chi connectivity index (χ1v) is 16.3. The van der Waals surface area contributed by atoms with Crippen LogP contribution in [0.3, 0.4) is 0 Å². The highest BCUT2D eigenvalue weighted by molar-refractivity contribution is 7.99. The van der Waals surface area contributed by atoms with Crippen molar-refractivity contribution < 1.29 is 0 Å². The lowest BCUT2D eigenvalue weighted by Crippen LogP contribution is -2.14. The third-order valence-corrected chi connectivity index (χ3v) is 9.87. The molecule has 8 aromatic rings. The summed E-state index contributed by atoms with van der Waals surface area (Å²) in [4.78, 5) is 19.7. The van der Waals surface area contributed by atoms with E-state index in [1.165, 1.54) is 26.7 Å². The lowest BCUT2D eigenvalue weighted by Gasteiger charge is -2.32. The van der Waals surface area contributed by atoms with Crippen LogP contribution in [0.15, 0.2) is 137 Å². The molecule has 0 unspecified atom stereocenters. The fraction of sp³-hybridized carbons (Fsp3) is 0.103. The molecule has 0 amide bonds. The molecule has 6 nitrogen and oxygen atoms in total. The molecule has 9 rings (SSSR count). The fourth-order valence-electron chi connectivity index (χ4n) is 6.64. The summed E-state index contributed by atoms with van der Waals surface area (Å²) in [6.45, 7) is 6.63. The number of para-hydroxylation sites is 4. The Morgan fingerprint density at radius 1 is 0.630 bits per heavy atom. The predicted octanol–water partition coefficient (Wildman–Crippen LogP) is 10.1. The smallest absolute Gasteiger partial charge is 0.220 e. The van der Waals surface area contributed by atoms with Crippen LogP contribution in [0.1, 0.15) is 26.3 Å². The van der Waals surface area contributed by atoms with Crippen LogP contribution in [0.5, 0.6) is 0 Å². The Morgan fingerprint density at radius 2 is 1.35 bits per heavy atom. The van der Waals surface area contributed by atoms with Gasteiger partial charge in [0.15, 0.2) is 0 Å². The predicted molar refractivity (Wildman–Crippen MR) is 188 cm³/mol. The number of rotatable bonds is 3. The average Bonchev–Trinajstić information content (AvgIpc) is 3.61. The van der Waals surface area contributed by atoms with Gasteiger partial charge in [-0.05, 0) is 83.8 Å². The van der Waals surface area contributed by atoms with Crippen molar-refractivity contribution in [3.8, 4) is 17.1 Å². The Kier molecular flexibility index (Phi) is 5.89. The van der Waals surface area contributed by atoms with Gasteiger partial charge in [0.2, 0.25) is 5.78 Å². The van der Waals surface area contributed by atoms with Gasteiger partial charge < -0.3 is 4.90 Å². The Hall–Kier alpha value is -5.40. The van der Waals surface area contributed by atoms with Crippen LogP contribution in [0.25, 0.3) is 44.9 Å². The third-order valence-electron chi connectivity index (χ3n) is 8.74. The summed E-state index contributed by atoms with van der Waals surface area (Å²) in [6, 6.07) is 40.7. The van der Waals surface area contributed by atoms with Gasteiger partial charge in [0, 0.05) is 21.7 Å². The van der Waals surface area contributed by atoms with Crippen molar-refractivity contribution >= 4 is 56.7 Å². The molecular weight excluding hydrogens is 585 g/mol. The summed E-state index contributed by atoms with van der Waals surface area (Å²) in [6.07, 6.45) is 3.79. The first-order chi connectivity index (χ1) is 22.5. The number of nitrogens with zero attached hydrogens (tertiary/aromatic N) is 6. The molecule has 0 N–H and O–H groups in total. The molecule has 222 valence electrons. The van der Waals surface area contributed by atoms with E-state index in [9.17, 15) is 0 Å². The first-order valence-electron chi connectivity index (χ1n) is 15.5. The normalized spacial score (nSPS) is 13.0. The minimum atomic E-state index is -0.0523. The molecule has 0 fully saturated rings. The molecule has 46 heavy (non-hydrogen) atoms. The van der Waals surface area contributed by atoms with Gasteiger partial charge in [-0.1, -0.05) is 75.0 Å². The van der Waals surface area contributed by atoms with Crippen molar-refractivity contribution in [1.82, 2.24) is 23.9 Å². The highest BCUT2D eigenvalue weighted by atomic mass is 32.2. The minimum Gasteiger partial charge on any atom is -0.308 e. The number of hydrogen-bond acceptors (Lipinski definition) is 5. The van der Waals surface area contributed by atoms with E-state index >= 15 is 0 Å². The molecule has 0 atom stereocenters. The van der Waals surface area contributed by atoms with Gasteiger partial charge >= 0.3 is 0 Å². The van der Waals surface area contributed by atoms with Crippen molar-refractivity contribution in [3.63, 3.8) is 0 Å². The second-order valence-corrected chi connectivity index (χ2v) is 13.8. The van der Waals surface area contributed by atoms with E-state index < -0.39 is 0 Å². The molecule has 0 aliphatic carbocycles. The van der Waals surface area contributed by atoms with Crippen molar-refractivity contribution in [2.75, 3.05) is 4.90 Å². The van der Waals surface area contributed by atoms with E-state index in [-0.39, 0.29) is 5.41 Å². The van der Waals surface area contributed by atoms with Gasteiger partial charge in [-0.3, -0.25) is 18.9 Å². The first kappa shape index (κ1) is 27.0. The summed E-state index contributed by atoms with van der Waals surface area (Å²) in [5.41, 5.74) is 11.5. The lowest BCUT2D eigenvalue weighted by atomic mass is 9.85. The molecule has 0 spiro atoms. The van der Waals surface area contributed by atoms with Crippen molar-refractivity contribution in [3.05, 3.63) is 133 Å². The molecule has 5 heterocycles. The molecule has 0 saturated heterocycles. The van der Waals surface area contributed by atoms with E-state index in [0.29, 0.717) is 0 Å². The van der Waals surface area contributed by atoms with Crippen molar-refractivity contribution in [1.29, 1.82) is 0 Å². The van der Waals surface area contributed by atoms with Gasteiger partial charge in [0.1, 0.15) is 0 Å². The topological polar surface area (TPSA) is 51.2 Å². The minimum absolute atomic E-state index is 0.0523. The highest BCUT2D eigenvalue weighted by Gasteiger charge is 2.26. The quantitative estimate of drug-likeness (QED) is 0.198. The molecule has 0 saturated carbocycles. The van der Waals surface area contributed by atoms with E-state index in [2.05, 4.69) is 138 Å². The Bertz CT molecular complexity index is 2400. The van der Waals surface area contributed by atoms with Gasteiger partial charge in [-0.15, -0.1) is 0 Å².